The molecule has 0 amide bonds. The van der Waals surface area contributed by atoms with Gasteiger partial charge in [-0.05, 0) is 38.6 Å². The molecule has 1 aromatic heterocycles. The van der Waals surface area contributed by atoms with Crippen molar-refractivity contribution in [2.24, 2.45) is 5.92 Å². The van der Waals surface area contributed by atoms with Crippen molar-refractivity contribution in [1.82, 2.24) is 20.1 Å². The summed E-state index contributed by atoms with van der Waals surface area (Å²) >= 11 is 0. The average Bonchev–Trinajstić information content (AvgIpc) is 2.98. The first-order valence-corrected chi connectivity index (χ1v) is 6.39. The molecule has 1 unspecified atom stereocenters. The zero-order valence-electron chi connectivity index (χ0n) is 10.3. The van der Waals surface area contributed by atoms with Crippen molar-refractivity contribution in [3.05, 3.63) is 12.2 Å². The highest BCUT2D eigenvalue weighted by molar-refractivity contribution is 4.87. The topological polar surface area (TPSA) is 42.7 Å². The largest absolute Gasteiger partial charge is 0.314 e. The molecule has 1 N–H and O–H groups in total. The minimum Gasteiger partial charge on any atom is -0.314 e. The Morgan fingerprint density at radius 2 is 2.38 bits per heavy atom. The second-order valence-corrected chi connectivity index (χ2v) is 4.82. The second kappa shape index (κ2) is 5.43. The van der Waals surface area contributed by atoms with Gasteiger partial charge >= 0.3 is 0 Å². The van der Waals surface area contributed by atoms with E-state index < -0.39 is 0 Å². The summed E-state index contributed by atoms with van der Waals surface area (Å²) in [6.07, 6.45) is 6.68. The summed E-state index contributed by atoms with van der Waals surface area (Å²) < 4.78 is 1.99. The van der Waals surface area contributed by atoms with Gasteiger partial charge in [0.1, 0.15) is 12.2 Å². The average molecular weight is 222 g/mol. The number of aromatic nitrogens is 3. The van der Waals surface area contributed by atoms with Gasteiger partial charge < -0.3 is 5.32 Å². The van der Waals surface area contributed by atoms with E-state index in [0.29, 0.717) is 5.92 Å². The van der Waals surface area contributed by atoms with Crippen molar-refractivity contribution in [2.45, 2.75) is 52.1 Å². The normalized spacial score (nSPS) is 17.6. The lowest BCUT2D eigenvalue weighted by atomic mass is 10.0. The van der Waals surface area contributed by atoms with Crippen LogP contribution >= 0.6 is 0 Å². The Balaban J connectivity index is 1.70. The summed E-state index contributed by atoms with van der Waals surface area (Å²) in [5.74, 6) is 1.81. The van der Waals surface area contributed by atoms with Crippen molar-refractivity contribution in [1.29, 1.82) is 0 Å². The van der Waals surface area contributed by atoms with Crippen LogP contribution in [0.5, 0.6) is 0 Å². The molecule has 1 atom stereocenters. The molecule has 0 saturated heterocycles. The smallest absolute Gasteiger partial charge is 0.138 e. The van der Waals surface area contributed by atoms with Crippen LogP contribution in [0.1, 0.15) is 38.9 Å². The number of hydrogen-bond acceptors (Lipinski definition) is 3. The van der Waals surface area contributed by atoms with Gasteiger partial charge in [-0.25, -0.2) is 4.98 Å². The minimum absolute atomic E-state index is 0.681. The van der Waals surface area contributed by atoms with Crippen molar-refractivity contribution < 1.29 is 0 Å². The predicted octanol–water partition coefficient (Wildman–Crippen LogP) is 1.62. The highest BCUT2D eigenvalue weighted by Crippen LogP contribution is 2.19. The molecule has 1 heterocycles. The van der Waals surface area contributed by atoms with Crippen LogP contribution in [-0.4, -0.2) is 27.4 Å². The van der Waals surface area contributed by atoms with Gasteiger partial charge in [0, 0.05) is 19.0 Å². The van der Waals surface area contributed by atoms with Gasteiger partial charge in [-0.2, -0.15) is 5.10 Å². The van der Waals surface area contributed by atoms with Gasteiger partial charge in [-0.15, -0.1) is 0 Å². The first-order valence-electron chi connectivity index (χ1n) is 6.39. The lowest BCUT2D eigenvalue weighted by Crippen LogP contribution is -2.20. The minimum atomic E-state index is 0.681. The van der Waals surface area contributed by atoms with Gasteiger partial charge in [0.2, 0.25) is 0 Å². The van der Waals surface area contributed by atoms with Crippen LogP contribution < -0.4 is 5.32 Å². The molecule has 1 aromatic rings. The molecule has 90 valence electrons. The summed E-state index contributed by atoms with van der Waals surface area (Å²) in [6, 6.07) is 0.825. The molecular formula is C12H22N4. The number of nitrogens with one attached hydrogen (secondary N) is 1. The molecule has 0 aliphatic heterocycles. The molecule has 0 aromatic carbocycles. The highest BCUT2D eigenvalue weighted by atomic mass is 15.3. The molecule has 0 spiro atoms. The molecule has 16 heavy (non-hydrogen) atoms. The van der Waals surface area contributed by atoms with E-state index in [1.807, 2.05) is 4.68 Å². The standard InChI is InChI=1S/C12H22N4/c1-3-16-12(14-9-15-16)8-10(2)6-7-13-11-4-5-11/h9-11,13H,3-8H2,1-2H3. The molecule has 0 radical (unpaired) electrons. The fourth-order valence-electron chi connectivity index (χ4n) is 1.95. The van der Waals surface area contributed by atoms with Crippen LogP contribution in [0.2, 0.25) is 0 Å². The maximum atomic E-state index is 4.31. The third-order valence-electron chi connectivity index (χ3n) is 3.17. The third kappa shape index (κ3) is 3.30. The van der Waals surface area contributed by atoms with Gasteiger partial charge in [0.05, 0.1) is 0 Å². The van der Waals surface area contributed by atoms with Gasteiger partial charge in [0.15, 0.2) is 0 Å². The second-order valence-electron chi connectivity index (χ2n) is 4.82. The number of aryl methyl sites for hydroxylation is 1. The molecule has 2 rings (SSSR count). The van der Waals surface area contributed by atoms with E-state index in [4.69, 9.17) is 0 Å². The zero-order chi connectivity index (χ0) is 11.4. The molecule has 4 nitrogen and oxygen atoms in total. The summed E-state index contributed by atoms with van der Waals surface area (Å²) in [6.45, 7) is 6.47. The van der Waals surface area contributed by atoms with E-state index in [2.05, 4.69) is 29.2 Å². The molecule has 1 fully saturated rings. The lowest BCUT2D eigenvalue weighted by Gasteiger charge is -2.11. The summed E-state index contributed by atoms with van der Waals surface area (Å²) in [5, 5.41) is 7.75. The first kappa shape index (κ1) is 11.6. The zero-order valence-corrected chi connectivity index (χ0v) is 10.3. The third-order valence-corrected chi connectivity index (χ3v) is 3.17. The van der Waals surface area contributed by atoms with Crippen molar-refractivity contribution in [3.8, 4) is 0 Å². The van der Waals surface area contributed by atoms with Gasteiger partial charge in [0.25, 0.3) is 0 Å². The van der Waals surface area contributed by atoms with E-state index in [0.717, 1.165) is 31.4 Å². The van der Waals surface area contributed by atoms with Crippen LogP contribution in [0.25, 0.3) is 0 Å². The Labute approximate surface area is 97.5 Å². The molecule has 1 saturated carbocycles. The van der Waals surface area contributed by atoms with E-state index in [-0.39, 0.29) is 0 Å². The van der Waals surface area contributed by atoms with E-state index in [1.54, 1.807) is 6.33 Å². The lowest BCUT2D eigenvalue weighted by molar-refractivity contribution is 0.471. The highest BCUT2D eigenvalue weighted by Gasteiger charge is 2.20. The SMILES string of the molecule is CCn1ncnc1CC(C)CCNC1CC1. The summed E-state index contributed by atoms with van der Waals surface area (Å²) in [7, 11) is 0. The van der Waals surface area contributed by atoms with Gasteiger partial charge in [-0.3, -0.25) is 4.68 Å². The van der Waals surface area contributed by atoms with Crippen LogP contribution in [0.3, 0.4) is 0 Å². The predicted molar refractivity (Wildman–Crippen MR) is 64.2 cm³/mol. The van der Waals surface area contributed by atoms with Crippen molar-refractivity contribution in [2.75, 3.05) is 6.54 Å². The van der Waals surface area contributed by atoms with E-state index in [9.17, 15) is 0 Å². The fourth-order valence-corrected chi connectivity index (χ4v) is 1.95. The monoisotopic (exact) mass is 222 g/mol. The number of nitrogens with zero attached hydrogens (tertiary/aromatic N) is 3. The van der Waals surface area contributed by atoms with Crippen LogP contribution in [0, 0.1) is 5.92 Å². The molecular weight excluding hydrogens is 200 g/mol. The van der Waals surface area contributed by atoms with Crippen LogP contribution in [-0.2, 0) is 13.0 Å². The quantitative estimate of drug-likeness (QED) is 0.762. The maximum absolute atomic E-state index is 4.31. The molecule has 0 bridgehead atoms. The summed E-state index contributed by atoms with van der Waals surface area (Å²) in [4.78, 5) is 4.31. The Kier molecular flexibility index (Phi) is 3.93. The summed E-state index contributed by atoms with van der Waals surface area (Å²) in [5.41, 5.74) is 0. The van der Waals surface area contributed by atoms with Crippen LogP contribution in [0.4, 0.5) is 0 Å². The number of rotatable bonds is 7. The molecule has 1 aliphatic rings. The fraction of sp³-hybridized carbons (Fsp3) is 0.833. The molecule has 1 aliphatic carbocycles. The van der Waals surface area contributed by atoms with Crippen LogP contribution in [0.15, 0.2) is 6.33 Å². The molecule has 4 heteroatoms. The van der Waals surface area contributed by atoms with Crippen molar-refractivity contribution >= 4 is 0 Å². The Morgan fingerprint density at radius 3 is 3.06 bits per heavy atom. The Bertz CT molecular complexity index is 317. The number of hydrogen-bond donors (Lipinski definition) is 1. The first-order chi connectivity index (χ1) is 7.79. The van der Waals surface area contributed by atoms with E-state index in [1.165, 1.54) is 19.3 Å². The van der Waals surface area contributed by atoms with Gasteiger partial charge in [-0.1, -0.05) is 6.92 Å². The Morgan fingerprint density at radius 1 is 1.56 bits per heavy atom. The van der Waals surface area contributed by atoms with Crippen molar-refractivity contribution in [3.63, 3.8) is 0 Å². The Hall–Kier alpha value is -0.900. The van der Waals surface area contributed by atoms with E-state index >= 15 is 0 Å². The maximum Gasteiger partial charge on any atom is 0.138 e.